The summed E-state index contributed by atoms with van der Waals surface area (Å²) in [4.78, 5) is 11.7. The first-order valence-electron chi connectivity index (χ1n) is 5.69. The molecule has 0 spiro atoms. The standard InChI is InChI=1S/C13H18FNO2/c1-9(13(17)15-10(2)8-16)7-11-5-3-4-6-12(11)14/h3-6,9-10,16H,7-8H2,1-2H3,(H,15,17). The molecule has 0 aliphatic heterocycles. The minimum atomic E-state index is -0.319. The summed E-state index contributed by atoms with van der Waals surface area (Å²) in [7, 11) is 0. The highest BCUT2D eigenvalue weighted by molar-refractivity contribution is 5.78. The first kappa shape index (κ1) is 13.6. The van der Waals surface area contributed by atoms with E-state index in [0.29, 0.717) is 12.0 Å². The van der Waals surface area contributed by atoms with Crippen LogP contribution in [0.5, 0.6) is 0 Å². The number of hydrogen-bond acceptors (Lipinski definition) is 2. The van der Waals surface area contributed by atoms with Gasteiger partial charge in [0, 0.05) is 12.0 Å². The number of hydrogen-bond donors (Lipinski definition) is 2. The maximum absolute atomic E-state index is 13.4. The van der Waals surface area contributed by atoms with Crippen molar-refractivity contribution in [3.05, 3.63) is 35.6 Å². The van der Waals surface area contributed by atoms with Crippen LogP contribution in [0.1, 0.15) is 19.4 Å². The van der Waals surface area contributed by atoms with Crippen LogP contribution in [0, 0.1) is 11.7 Å². The third kappa shape index (κ3) is 4.15. The zero-order valence-corrected chi connectivity index (χ0v) is 10.1. The summed E-state index contributed by atoms with van der Waals surface area (Å²) in [5.41, 5.74) is 0.534. The van der Waals surface area contributed by atoms with Crippen molar-refractivity contribution in [2.45, 2.75) is 26.3 Å². The van der Waals surface area contributed by atoms with Crippen molar-refractivity contribution in [2.75, 3.05) is 6.61 Å². The van der Waals surface area contributed by atoms with E-state index in [9.17, 15) is 9.18 Å². The van der Waals surface area contributed by atoms with Crippen LogP contribution in [-0.4, -0.2) is 23.7 Å². The highest BCUT2D eigenvalue weighted by atomic mass is 19.1. The summed E-state index contributed by atoms with van der Waals surface area (Å²) in [6.45, 7) is 3.36. The quantitative estimate of drug-likeness (QED) is 0.818. The largest absolute Gasteiger partial charge is 0.394 e. The molecule has 4 heteroatoms. The molecule has 2 unspecified atom stereocenters. The molecule has 1 amide bonds. The Bertz CT molecular complexity index is 381. The lowest BCUT2D eigenvalue weighted by atomic mass is 10.00. The molecule has 94 valence electrons. The van der Waals surface area contributed by atoms with Gasteiger partial charge in [-0.2, -0.15) is 0 Å². The van der Waals surface area contributed by atoms with E-state index < -0.39 is 0 Å². The van der Waals surface area contributed by atoms with Crippen molar-refractivity contribution in [3.8, 4) is 0 Å². The number of rotatable bonds is 5. The summed E-state index contributed by atoms with van der Waals surface area (Å²) in [5, 5.41) is 11.5. The van der Waals surface area contributed by atoms with E-state index in [1.807, 2.05) is 0 Å². The van der Waals surface area contributed by atoms with Gasteiger partial charge in [-0.1, -0.05) is 25.1 Å². The van der Waals surface area contributed by atoms with Gasteiger partial charge in [0.1, 0.15) is 5.82 Å². The maximum Gasteiger partial charge on any atom is 0.223 e. The van der Waals surface area contributed by atoms with Gasteiger partial charge in [0.15, 0.2) is 0 Å². The average Bonchev–Trinajstić information content (AvgIpc) is 2.31. The van der Waals surface area contributed by atoms with Crippen LogP contribution in [0.2, 0.25) is 0 Å². The van der Waals surface area contributed by atoms with Gasteiger partial charge in [0.05, 0.1) is 6.61 Å². The van der Waals surface area contributed by atoms with Gasteiger partial charge < -0.3 is 10.4 Å². The molecule has 3 nitrogen and oxygen atoms in total. The first-order valence-corrected chi connectivity index (χ1v) is 5.69. The molecule has 0 saturated carbocycles. The van der Waals surface area contributed by atoms with Gasteiger partial charge in [-0.05, 0) is 25.0 Å². The summed E-state index contributed by atoms with van der Waals surface area (Å²) >= 11 is 0. The van der Waals surface area contributed by atoms with Gasteiger partial charge in [-0.3, -0.25) is 4.79 Å². The maximum atomic E-state index is 13.4. The number of amides is 1. The van der Waals surface area contributed by atoms with Crippen LogP contribution in [0.4, 0.5) is 4.39 Å². The van der Waals surface area contributed by atoms with Crippen molar-refractivity contribution in [3.63, 3.8) is 0 Å². The number of carbonyl (C=O) groups excluding carboxylic acids is 1. The SMILES string of the molecule is CC(CO)NC(=O)C(C)Cc1ccccc1F. The Morgan fingerprint density at radius 3 is 2.65 bits per heavy atom. The Morgan fingerprint density at radius 2 is 2.06 bits per heavy atom. The molecule has 1 aromatic carbocycles. The van der Waals surface area contributed by atoms with Crippen molar-refractivity contribution < 1.29 is 14.3 Å². The van der Waals surface area contributed by atoms with Gasteiger partial charge in [-0.25, -0.2) is 4.39 Å². The predicted molar refractivity (Wildman–Crippen MR) is 64.0 cm³/mol. The molecule has 1 aromatic rings. The van der Waals surface area contributed by atoms with Crippen LogP contribution >= 0.6 is 0 Å². The fourth-order valence-electron chi connectivity index (χ4n) is 1.52. The summed E-state index contributed by atoms with van der Waals surface area (Å²) in [6.07, 6.45) is 0.358. The van der Waals surface area contributed by atoms with Crippen LogP contribution in [0.15, 0.2) is 24.3 Å². The Hall–Kier alpha value is -1.42. The summed E-state index contributed by atoms with van der Waals surface area (Å²) in [5.74, 6) is -0.780. The van der Waals surface area contributed by atoms with Crippen molar-refractivity contribution >= 4 is 5.91 Å². The first-order chi connectivity index (χ1) is 8.04. The van der Waals surface area contributed by atoms with Crippen molar-refractivity contribution in [1.82, 2.24) is 5.32 Å². The van der Waals surface area contributed by atoms with E-state index in [-0.39, 0.29) is 30.3 Å². The second kappa shape index (κ2) is 6.35. The van der Waals surface area contributed by atoms with E-state index in [2.05, 4.69) is 5.32 Å². The highest BCUT2D eigenvalue weighted by Crippen LogP contribution is 2.12. The predicted octanol–water partition coefficient (Wildman–Crippen LogP) is 1.50. The molecular formula is C13H18FNO2. The molecule has 17 heavy (non-hydrogen) atoms. The monoisotopic (exact) mass is 239 g/mol. The summed E-state index contributed by atoms with van der Waals surface area (Å²) in [6, 6.07) is 6.16. The lowest BCUT2D eigenvalue weighted by Gasteiger charge is -2.16. The fraction of sp³-hybridized carbons (Fsp3) is 0.462. The van der Waals surface area contributed by atoms with Crippen molar-refractivity contribution in [2.24, 2.45) is 5.92 Å². The molecule has 2 N–H and O–H groups in total. The molecule has 0 heterocycles. The fourth-order valence-corrected chi connectivity index (χ4v) is 1.52. The molecule has 0 fully saturated rings. The van der Waals surface area contributed by atoms with Crippen molar-refractivity contribution in [1.29, 1.82) is 0 Å². The minimum Gasteiger partial charge on any atom is -0.394 e. The minimum absolute atomic E-state index is 0.0990. The van der Waals surface area contributed by atoms with Crippen LogP contribution in [-0.2, 0) is 11.2 Å². The van der Waals surface area contributed by atoms with Crippen LogP contribution in [0.25, 0.3) is 0 Å². The molecule has 1 rings (SSSR count). The molecule has 0 saturated heterocycles. The molecule has 0 bridgehead atoms. The van der Waals surface area contributed by atoms with Gasteiger partial charge in [0.2, 0.25) is 5.91 Å². The molecule has 0 aliphatic rings. The highest BCUT2D eigenvalue weighted by Gasteiger charge is 2.16. The second-order valence-corrected chi connectivity index (χ2v) is 4.29. The second-order valence-electron chi connectivity index (χ2n) is 4.29. The van der Waals surface area contributed by atoms with Crippen LogP contribution in [0.3, 0.4) is 0 Å². The molecule has 0 aromatic heterocycles. The Balaban J connectivity index is 2.57. The molecule has 0 aliphatic carbocycles. The number of aliphatic hydroxyl groups is 1. The number of benzene rings is 1. The molecular weight excluding hydrogens is 221 g/mol. The van der Waals surface area contributed by atoms with E-state index >= 15 is 0 Å². The van der Waals surface area contributed by atoms with E-state index in [4.69, 9.17) is 5.11 Å². The van der Waals surface area contributed by atoms with Gasteiger partial charge >= 0.3 is 0 Å². The average molecular weight is 239 g/mol. The van der Waals surface area contributed by atoms with E-state index in [1.165, 1.54) is 6.07 Å². The van der Waals surface area contributed by atoms with Gasteiger partial charge in [-0.15, -0.1) is 0 Å². The third-order valence-electron chi connectivity index (χ3n) is 2.59. The van der Waals surface area contributed by atoms with E-state index in [0.717, 1.165) is 0 Å². The topological polar surface area (TPSA) is 49.3 Å². The zero-order valence-electron chi connectivity index (χ0n) is 10.1. The zero-order chi connectivity index (χ0) is 12.8. The number of nitrogens with one attached hydrogen (secondary N) is 1. The lowest BCUT2D eigenvalue weighted by Crippen LogP contribution is -2.39. The summed E-state index contributed by atoms with van der Waals surface area (Å²) < 4.78 is 13.4. The smallest absolute Gasteiger partial charge is 0.223 e. The van der Waals surface area contributed by atoms with Crippen LogP contribution < -0.4 is 5.32 Å². The normalized spacial score (nSPS) is 14.1. The Kier molecular flexibility index (Phi) is 5.10. The van der Waals surface area contributed by atoms with Gasteiger partial charge in [0.25, 0.3) is 0 Å². The number of aliphatic hydroxyl groups excluding tert-OH is 1. The number of carbonyl (C=O) groups is 1. The third-order valence-corrected chi connectivity index (χ3v) is 2.59. The lowest BCUT2D eigenvalue weighted by molar-refractivity contribution is -0.125. The number of halogens is 1. The molecule has 2 atom stereocenters. The Labute approximate surface area is 101 Å². The van der Waals surface area contributed by atoms with E-state index in [1.54, 1.807) is 32.0 Å². The Morgan fingerprint density at radius 1 is 1.41 bits per heavy atom. The molecule has 0 radical (unpaired) electrons.